The van der Waals surface area contributed by atoms with Gasteiger partial charge in [-0.05, 0) is 19.9 Å². The first-order chi connectivity index (χ1) is 11.8. The summed E-state index contributed by atoms with van der Waals surface area (Å²) in [7, 11) is 3.61. The van der Waals surface area contributed by atoms with Gasteiger partial charge in [0.05, 0.1) is 23.7 Å². The number of amides is 1. The molecule has 0 aliphatic carbocycles. The van der Waals surface area contributed by atoms with Crippen molar-refractivity contribution in [3.05, 3.63) is 33.9 Å². The van der Waals surface area contributed by atoms with E-state index in [2.05, 4.69) is 17.1 Å². The van der Waals surface area contributed by atoms with E-state index in [1.807, 2.05) is 6.92 Å². The number of morpholine rings is 1. The molecule has 0 bridgehead atoms. The molecule has 138 valence electrons. The minimum Gasteiger partial charge on any atom is -0.379 e. The molecule has 1 aromatic carbocycles. The molecule has 8 heteroatoms. The van der Waals surface area contributed by atoms with Crippen LogP contribution < -0.4 is 10.2 Å². The van der Waals surface area contributed by atoms with Crippen molar-refractivity contribution >= 4 is 17.3 Å². The third-order valence-corrected chi connectivity index (χ3v) is 4.62. The Kier molecular flexibility index (Phi) is 6.33. The van der Waals surface area contributed by atoms with Crippen molar-refractivity contribution in [3.63, 3.8) is 0 Å². The van der Waals surface area contributed by atoms with Gasteiger partial charge in [-0.15, -0.1) is 0 Å². The summed E-state index contributed by atoms with van der Waals surface area (Å²) in [5, 5.41) is 14.0. The van der Waals surface area contributed by atoms with Gasteiger partial charge in [-0.25, -0.2) is 0 Å². The maximum Gasteiger partial charge on any atom is 0.270 e. The molecule has 2 unspecified atom stereocenters. The van der Waals surface area contributed by atoms with Crippen LogP contribution in [0.15, 0.2) is 18.2 Å². The topological polar surface area (TPSA) is 87.9 Å². The Morgan fingerprint density at radius 2 is 1.96 bits per heavy atom. The molecule has 0 spiro atoms. The molecule has 1 N–H and O–H groups in total. The number of carbonyl (C=O) groups is 1. The Morgan fingerprint density at radius 3 is 2.52 bits per heavy atom. The lowest BCUT2D eigenvalue weighted by Crippen LogP contribution is -2.52. The molecule has 25 heavy (non-hydrogen) atoms. The number of nitro benzene ring substituents is 1. The molecule has 1 aliphatic heterocycles. The molecule has 1 aromatic rings. The Labute approximate surface area is 147 Å². The van der Waals surface area contributed by atoms with Crippen LogP contribution in [0.2, 0.25) is 0 Å². The SMILES string of the molecule is CC(NC(=O)c1cc([N+](=O)[O-])ccc1N(C)C)C(C)N1CCOCC1. The number of anilines is 1. The molecule has 2 atom stereocenters. The van der Waals surface area contributed by atoms with E-state index in [1.54, 1.807) is 25.1 Å². The van der Waals surface area contributed by atoms with Crippen LogP contribution in [0.3, 0.4) is 0 Å². The number of benzene rings is 1. The summed E-state index contributed by atoms with van der Waals surface area (Å²) in [4.78, 5) is 27.3. The third kappa shape index (κ3) is 4.67. The summed E-state index contributed by atoms with van der Waals surface area (Å²) in [6.07, 6.45) is 0. The molecular weight excluding hydrogens is 324 g/mol. The lowest BCUT2D eigenvalue weighted by molar-refractivity contribution is -0.384. The second-order valence-corrected chi connectivity index (χ2v) is 6.50. The lowest BCUT2D eigenvalue weighted by Gasteiger charge is -2.36. The van der Waals surface area contributed by atoms with Gasteiger partial charge in [0.15, 0.2) is 0 Å². The monoisotopic (exact) mass is 350 g/mol. The van der Waals surface area contributed by atoms with Gasteiger partial charge in [0.2, 0.25) is 0 Å². The fourth-order valence-corrected chi connectivity index (χ4v) is 2.92. The van der Waals surface area contributed by atoms with Crippen molar-refractivity contribution in [1.82, 2.24) is 10.2 Å². The highest BCUT2D eigenvalue weighted by Crippen LogP contribution is 2.24. The highest BCUT2D eigenvalue weighted by molar-refractivity contribution is 6.00. The molecule has 1 fully saturated rings. The maximum absolute atomic E-state index is 12.7. The zero-order valence-corrected chi connectivity index (χ0v) is 15.2. The quantitative estimate of drug-likeness (QED) is 0.618. The Bertz CT molecular complexity index is 629. The average Bonchev–Trinajstić information content (AvgIpc) is 2.60. The van der Waals surface area contributed by atoms with Crippen molar-refractivity contribution < 1.29 is 14.5 Å². The second-order valence-electron chi connectivity index (χ2n) is 6.50. The molecule has 1 saturated heterocycles. The Morgan fingerprint density at radius 1 is 1.32 bits per heavy atom. The molecule has 1 heterocycles. The zero-order chi connectivity index (χ0) is 18.6. The van der Waals surface area contributed by atoms with E-state index in [-0.39, 0.29) is 23.7 Å². The molecule has 0 radical (unpaired) electrons. The van der Waals surface area contributed by atoms with E-state index in [0.717, 1.165) is 13.1 Å². The predicted molar refractivity (Wildman–Crippen MR) is 96.2 cm³/mol. The van der Waals surface area contributed by atoms with Gasteiger partial charge in [0.1, 0.15) is 0 Å². The summed E-state index contributed by atoms with van der Waals surface area (Å²) in [6.45, 7) is 7.07. The number of rotatable bonds is 6. The molecule has 8 nitrogen and oxygen atoms in total. The molecule has 1 amide bonds. The maximum atomic E-state index is 12.7. The van der Waals surface area contributed by atoms with Gasteiger partial charge in [0.25, 0.3) is 11.6 Å². The zero-order valence-electron chi connectivity index (χ0n) is 15.2. The standard InChI is InChI=1S/C17H26N4O4/c1-12(13(2)20-7-9-25-10-8-20)18-17(22)15-11-14(21(23)24)5-6-16(15)19(3)4/h5-6,11-13H,7-10H2,1-4H3,(H,18,22). The van der Waals surface area contributed by atoms with E-state index in [1.165, 1.54) is 12.1 Å². The predicted octanol–water partition coefficient (Wildman–Crippen LogP) is 1.50. The van der Waals surface area contributed by atoms with Gasteiger partial charge in [-0.3, -0.25) is 19.8 Å². The molecule has 2 rings (SSSR count). The molecular formula is C17H26N4O4. The summed E-state index contributed by atoms with van der Waals surface area (Å²) in [5.41, 5.74) is 0.860. The third-order valence-electron chi connectivity index (χ3n) is 4.62. The van der Waals surface area contributed by atoms with Gasteiger partial charge in [0, 0.05) is 57.1 Å². The summed E-state index contributed by atoms with van der Waals surface area (Å²) >= 11 is 0. The van der Waals surface area contributed by atoms with Crippen molar-refractivity contribution in [1.29, 1.82) is 0 Å². The smallest absolute Gasteiger partial charge is 0.270 e. The summed E-state index contributed by atoms with van der Waals surface area (Å²) < 4.78 is 5.36. The van der Waals surface area contributed by atoms with Gasteiger partial charge in [-0.1, -0.05) is 0 Å². The minimum atomic E-state index is -0.490. The second kappa shape index (κ2) is 8.26. The van der Waals surface area contributed by atoms with E-state index in [9.17, 15) is 14.9 Å². The number of non-ortho nitro benzene ring substituents is 1. The fourth-order valence-electron chi connectivity index (χ4n) is 2.92. The Balaban J connectivity index is 2.15. The largest absolute Gasteiger partial charge is 0.379 e. The minimum absolute atomic E-state index is 0.0929. The number of nitrogens with one attached hydrogen (secondary N) is 1. The van der Waals surface area contributed by atoms with E-state index in [4.69, 9.17) is 4.74 Å². The number of hydrogen-bond donors (Lipinski definition) is 1. The van der Waals surface area contributed by atoms with Crippen LogP contribution in [-0.2, 0) is 4.74 Å². The highest BCUT2D eigenvalue weighted by Gasteiger charge is 2.25. The number of nitrogens with zero attached hydrogens (tertiary/aromatic N) is 3. The van der Waals surface area contributed by atoms with Crippen LogP contribution in [0.4, 0.5) is 11.4 Å². The van der Waals surface area contributed by atoms with Crippen LogP contribution >= 0.6 is 0 Å². The van der Waals surface area contributed by atoms with Crippen molar-refractivity contribution in [2.75, 3.05) is 45.3 Å². The van der Waals surface area contributed by atoms with Crippen molar-refractivity contribution in [2.45, 2.75) is 25.9 Å². The van der Waals surface area contributed by atoms with Crippen LogP contribution in [0.1, 0.15) is 24.2 Å². The van der Waals surface area contributed by atoms with E-state index in [0.29, 0.717) is 24.5 Å². The first-order valence-corrected chi connectivity index (χ1v) is 8.39. The first kappa shape index (κ1) is 19.1. The van der Waals surface area contributed by atoms with Crippen LogP contribution in [0.5, 0.6) is 0 Å². The summed E-state index contributed by atoms with van der Waals surface area (Å²) in [5.74, 6) is -0.306. The molecule has 0 saturated carbocycles. The van der Waals surface area contributed by atoms with E-state index < -0.39 is 4.92 Å². The average molecular weight is 350 g/mol. The van der Waals surface area contributed by atoms with Crippen molar-refractivity contribution in [3.8, 4) is 0 Å². The highest BCUT2D eigenvalue weighted by atomic mass is 16.6. The first-order valence-electron chi connectivity index (χ1n) is 8.39. The van der Waals surface area contributed by atoms with Gasteiger partial charge < -0.3 is 15.0 Å². The number of carbonyl (C=O) groups excluding carboxylic acids is 1. The fraction of sp³-hybridized carbons (Fsp3) is 0.588. The molecule has 0 aromatic heterocycles. The Hall–Kier alpha value is -2.19. The number of hydrogen-bond acceptors (Lipinski definition) is 6. The van der Waals surface area contributed by atoms with Gasteiger partial charge in [-0.2, -0.15) is 0 Å². The normalized spacial score (nSPS) is 17.6. The van der Waals surface area contributed by atoms with Crippen LogP contribution in [0, 0.1) is 10.1 Å². The van der Waals surface area contributed by atoms with Gasteiger partial charge >= 0.3 is 0 Å². The number of ether oxygens (including phenoxy) is 1. The van der Waals surface area contributed by atoms with E-state index >= 15 is 0 Å². The lowest BCUT2D eigenvalue weighted by atomic mass is 10.1. The van der Waals surface area contributed by atoms with Crippen LogP contribution in [0.25, 0.3) is 0 Å². The summed E-state index contributed by atoms with van der Waals surface area (Å²) in [6, 6.07) is 4.39. The molecule has 1 aliphatic rings. The van der Waals surface area contributed by atoms with Crippen molar-refractivity contribution in [2.24, 2.45) is 0 Å². The number of nitro groups is 1. The van der Waals surface area contributed by atoms with Crippen LogP contribution in [-0.4, -0.2) is 68.2 Å².